The Balaban J connectivity index is 0.00000208. The van der Waals surface area contributed by atoms with Crippen LogP contribution in [0.1, 0.15) is 12.0 Å². The zero-order valence-corrected chi connectivity index (χ0v) is 14.0. The van der Waals surface area contributed by atoms with Gasteiger partial charge in [0, 0.05) is 39.1 Å². The van der Waals surface area contributed by atoms with Crippen LogP contribution in [-0.2, 0) is 11.3 Å². The van der Waals surface area contributed by atoms with Gasteiger partial charge in [-0.15, -0.1) is 12.4 Å². The summed E-state index contributed by atoms with van der Waals surface area (Å²) in [5.74, 6) is -3.29. The molecular formula is C16H21ClF3N3O. The minimum Gasteiger partial charge on any atom is -0.339 e. The molecule has 2 fully saturated rings. The Labute approximate surface area is 145 Å². The van der Waals surface area contributed by atoms with Gasteiger partial charge in [0.1, 0.15) is 5.82 Å². The van der Waals surface area contributed by atoms with Gasteiger partial charge in [0.05, 0.1) is 12.6 Å². The molecule has 2 saturated heterocycles. The SMILES string of the molecule is Cl.O=C(C1CC(F)(F)CN1)N1CCN(Cc2cccc(F)c2)CC1. The van der Waals surface area contributed by atoms with Crippen LogP contribution in [0.15, 0.2) is 24.3 Å². The van der Waals surface area contributed by atoms with Crippen molar-refractivity contribution in [2.75, 3.05) is 32.7 Å². The van der Waals surface area contributed by atoms with E-state index >= 15 is 0 Å². The van der Waals surface area contributed by atoms with E-state index in [4.69, 9.17) is 0 Å². The number of rotatable bonds is 3. The van der Waals surface area contributed by atoms with Gasteiger partial charge in [0.2, 0.25) is 5.91 Å². The first-order valence-corrected chi connectivity index (χ1v) is 7.80. The summed E-state index contributed by atoms with van der Waals surface area (Å²) in [5.41, 5.74) is 0.891. The molecule has 4 nitrogen and oxygen atoms in total. The van der Waals surface area contributed by atoms with Crippen LogP contribution in [-0.4, -0.2) is 60.4 Å². The van der Waals surface area contributed by atoms with Gasteiger partial charge in [-0.3, -0.25) is 15.0 Å². The maximum Gasteiger partial charge on any atom is 0.262 e. The summed E-state index contributed by atoms with van der Waals surface area (Å²) in [6.07, 6.45) is -0.421. The summed E-state index contributed by atoms with van der Waals surface area (Å²) < 4.78 is 39.6. The lowest BCUT2D eigenvalue weighted by atomic mass is 10.1. The molecule has 1 amide bonds. The maximum atomic E-state index is 13.2. The zero-order valence-electron chi connectivity index (χ0n) is 13.2. The molecular weight excluding hydrogens is 343 g/mol. The highest BCUT2D eigenvalue weighted by molar-refractivity contribution is 5.85. The van der Waals surface area contributed by atoms with Crippen molar-refractivity contribution in [1.82, 2.24) is 15.1 Å². The van der Waals surface area contributed by atoms with Crippen LogP contribution in [0.3, 0.4) is 0 Å². The third kappa shape index (κ3) is 4.62. The summed E-state index contributed by atoms with van der Waals surface area (Å²) in [5, 5.41) is 2.60. The van der Waals surface area contributed by atoms with Crippen molar-refractivity contribution >= 4 is 18.3 Å². The molecule has 2 aliphatic heterocycles. The van der Waals surface area contributed by atoms with Crippen molar-refractivity contribution in [3.05, 3.63) is 35.6 Å². The molecule has 0 spiro atoms. The molecule has 1 aromatic rings. The second-order valence-electron chi connectivity index (χ2n) is 6.22. The van der Waals surface area contributed by atoms with Crippen LogP contribution in [0, 0.1) is 5.82 Å². The Kier molecular flexibility index (Phi) is 6.11. The summed E-state index contributed by atoms with van der Waals surface area (Å²) in [7, 11) is 0. The zero-order chi connectivity index (χ0) is 16.4. The topological polar surface area (TPSA) is 35.6 Å². The van der Waals surface area contributed by atoms with E-state index < -0.39 is 24.9 Å². The number of hydrogen-bond donors (Lipinski definition) is 1. The molecule has 0 aromatic heterocycles. The fourth-order valence-electron chi connectivity index (χ4n) is 3.13. The number of carbonyl (C=O) groups excluding carboxylic acids is 1. The van der Waals surface area contributed by atoms with Crippen LogP contribution in [0.5, 0.6) is 0 Å². The molecule has 134 valence electrons. The van der Waals surface area contributed by atoms with E-state index in [0.29, 0.717) is 32.7 Å². The number of hydrogen-bond acceptors (Lipinski definition) is 3. The first-order chi connectivity index (χ1) is 10.9. The Morgan fingerprint density at radius 2 is 1.96 bits per heavy atom. The van der Waals surface area contributed by atoms with Crippen molar-refractivity contribution in [3.63, 3.8) is 0 Å². The van der Waals surface area contributed by atoms with Crippen molar-refractivity contribution in [2.45, 2.75) is 24.9 Å². The second kappa shape index (κ2) is 7.72. The van der Waals surface area contributed by atoms with E-state index in [0.717, 1.165) is 5.56 Å². The smallest absolute Gasteiger partial charge is 0.262 e. The van der Waals surface area contributed by atoms with Gasteiger partial charge in [-0.2, -0.15) is 0 Å². The monoisotopic (exact) mass is 363 g/mol. The molecule has 3 rings (SSSR count). The Bertz CT molecular complexity index is 579. The number of carbonyl (C=O) groups is 1. The molecule has 1 aromatic carbocycles. The minimum absolute atomic E-state index is 0. The molecule has 2 heterocycles. The van der Waals surface area contributed by atoms with Crippen molar-refractivity contribution < 1.29 is 18.0 Å². The predicted molar refractivity (Wildman–Crippen MR) is 86.9 cm³/mol. The fourth-order valence-corrected chi connectivity index (χ4v) is 3.13. The molecule has 2 aliphatic rings. The normalized spacial score (nSPS) is 23.8. The van der Waals surface area contributed by atoms with Gasteiger partial charge >= 0.3 is 0 Å². The Morgan fingerprint density at radius 1 is 1.25 bits per heavy atom. The molecule has 0 radical (unpaired) electrons. The predicted octanol–water partition coefficient (Wildman–Crippen LogP) is 1.89. The van der Waals surface area contributed by atoms with Crippen LogP contribution in [0.2, 0.25) is 0 Å². The average Bonchev–Trinajstić information content (AvgIpc) is 2.87. The van der Waals surface area contributed by atoms with Crippen LogP contribution >= 0.6 is 12.4 Å². The molecule has 0 bridgehead atoms. The van der Waals surface area contributed by atoms with Crippen LogP contribution in [0.4, 0.5) is 13.2 Å². The quantitative estimate of drug-likeness (QED) is 0.891. The highest BCUT2D eigenvalue weighted by Gasteiger charge is 2.43. The van der Waals surface area contributed by atoms with Gasteiger partial charge in [0.25, 0.3) is 5.92 Å². The lowest BCUT2D eigenvalue weighted by Gasteiger charge is -2.36. The Morgan fingerprint density at radius 3 is 2.54 bits per heavy atom. The first kappa shape index (κ1) is 19.0. The van der Waals surface area contributed by atoms with E-state index in [9.17, 15) is 18.0 Å². The van der Waals surface area contributed by atoms with Gasteiger partial charge in [-0.1, -0.05) is 12.1 Å². The molecule has 0 saturated carbocycles. The van der Waals surface area contributed by atoms with E-state index in [2.05, 4.69) is 10.2 Å². The fraction of sp³-hybridized carbons (Fsp3) is 0.562. The van der Waals surface area contributed by atoms with E-state index in [-0.39, 0.29) is 24.1 Å². The van der Waals surface area contributed by atoms with Crippen LogP contribution < -0.4 is 5.32 Å². The summed E-state index contributed by atoms with van der Waals surface area (Å²) in [6, 6.07) is 5.67. The molecule has 1 N–H and O–H groups in total. The average molecular weight is 364 g/mol. The standard InChI is InChI=1S/C16H20F3N3O.ClH/c17-13-3-1-2-12(8-13)10-21-4-6-22(7-5-21)15(23)14-9-16(18,19)11-20-14;/h1-3,8,14,20H,4-7,9-11H2;1H. The third-order valence-corrected chi connectivity index (χ3v) is 4.39. The van der Waals surface area contributed by atoms with Crippen molar-refractivity contribution in [3.8, 4) is 0 Å². The summed E-state index contributed by atoms with van der Waals surface area (Å²) in [4.78, 5) is 16.0. The number of halogens is 4. The van der Waals surface area contributed by atoms with Crippen molar-refractivity contribution in [2.24, 2.45) is 0 Å². The van der Waals surface area contributed by atoms with Gasteiger partial charge in [0.15, 0.2) is 0 Å². The van der Waals surface area contributed by atoms with E-state index in [1.165, 1.54) is 12.1 Å². The summed E-state index contributed by atoms with van der Waals surface area (Å²) >= 11 is 0. The molecule has 24 heavy (non-hydrogen) atoms. The molecule has 1 unspecified atom stereocenters. The largest absolute Gasteiger partial charge is 0.339 e. The van der Waals surface area contributed by atoms with Gasteiger partial charge < -0.3 is 4.90 Å². The molecule has 1 atom stereocenters. The highest BCUT2D eigenvalue weighted by atomic mass is 35.5. The number of nitrogens with one attached hydrogen (secondary N) is 1. The second-order valence-corrected chi connectivity index (χ2v) is 6.22. The van der Waals surface area contributed by atoms with E-state index in [1.807, 2.05) is 6.07 Å². The molecule has 0 aliphatic carbocycles. The lowest BCUT2D eigenvalue weighted by Crippen LogP contribution is -2.52. The first-order valence-electron chi connectivity index (χ1n) is 7.80. The number of nitrogens with zero attached hydrogens (tertiary/aromatic N) is 2. The van der Waals surface area contributed by atoms with Gasteiger partial charge in [-0.05, 0) is 17.7 Å². The van der Waals surface area contributed by atoms with E-state index in [1.54, 1.807) is 11.0 Å². The van der Waals surface area contributed by atoms with Crippen molar-refractivity contribution in [1.29, 1.82) is 0 Å². The number of amides is 1. The lowest BCUT2D eigenvalue weighted by molar-refractivity contribution is -0.135. The summed E-state index contributed by atoms with van der Waals surface area (Å²) in [6.45, 7) is 2.54. The number of piperazine rings is 1. The third-order valence-electron chi connectivity index (χ3n) is 4.39. The highest BCUT2D eigenvalue weighted by Crippen LogP contribution is 2.26. The Hall–Kier alpha value is -1.31. The number of benzene rings is 1. The number of alkyl halides is 2. The maximum absolute atomic E-state index is 13.2. The van der Waals surface area contributed by atoms with Gasteiger partial charge in [-0.25, -0.2) is 13.2 Å². The minimum atomic E-state index is -2.79. The van der Waals surface area contributed by atoms with Crippen LogP contribution in [0.25, 0.3) is 0 Å². The molecule has 8 heteroatoms.